The Morgan fingerprint density at radius 1 is 1.56 bits per heavy atom. The number of allylic oxidation sites excluding steroid dienone is 1. The van der Waals surface area contributed by atoms with Crippen LogP contribution in [0.2, 0.25) is 0 Å². The summed E-state index contributed by atoms with van der Waals surface area (Å²) in [5.74, 6) is -0.378. The first-order chi connectivity index (χ1) is 8.58. The fourth-order valence-corrected chi connectivity index (χ4v) is 2.43. The van der Waals surface area contributed by atoms with Gasteiger partial charge in [-0.05, 0) is 41.2 Å². The number of aliphatic carboxylic acids is 1. The maximum absolute atomic E-state index is 11.1. The highest BCUT2D eigenvalue weighted by Crippen LogP contribution is 2.40. The number of carboxylic acid groups (broad SMARTS) is 1. The summed E-state index contributed by atoms with van der Waals surface area (Å²) < 4.78 is 5.15. The van der Waals surface area contributed by atoms with Gasteiger partial charge in [-0.1, -0.05) is 13.0 Å². The van der Waals surface area contributed by atoms with E-state index in [0.29, 0.717) is 5.57 Å². The molecule has 0 radical (unpaired) electrons. The fraction of sp³-hybridized carbons (Fsp3) is 0.286. The molecule has 1 aliphatic rings. The number of rotatable bonds is 2. The first-order valence-corrected chi connectivity index (χ1v) is 5.63. The standard InChI is InChI=1S/C14H13NO3/c1-8-5-9-6-10(18-2)3-4-11(9)13(8)12(7-15)14(16)17/h3-4,6,8H,5H2,1-2H3,(H,16,17). The first-order valence-electron chi connectivity index (χ1n) is 5.63. The molecule has 0 spiro atoms. The third-order valence-electron chi connectivity index (χ3n) is 3.22. The molecule has 1 aromatic carbocycles. The van der Waals surface area contributed by atoms with Crippen LogP contribution in [0.15, 0.2) is 23.8 Å². The Kier molecular flexibility index (Phi) is 3.07. The van der Waals surface area contributed by atoms with Crippen molar-refractivity contribution >= 4 is 11.5 Å². The van der Waals surface area contributed by atoms with Gasteiger partial charge in [0.25, 0.3) is 0 Å². The minimum absolute atomic E-state index is 0.0397. The second-order valence-electron chi connectivity index (χ2n) is 4.33. The topological polar surface area (TPSA) is 70.3 Å². The number of fused-ring (bicyclic) bond motifs is 1. The molecule has 0 bridgehead atoms. The van der Waals surface area contributed by atoms with Gasteiger partial charge >= 0.3 is 5.97 Å². The van der Waals surface area contributed by atoms with Crippen molar-refractivity contribution in [3.8, 4) is 11.8 Å². The largest absolute Gasteiger partial charge is 0.497 e. The summed E-state index contributed by atoms with van der Waals surface area (Å²) in [5.41, 5.74) is 2.35. The summed E-state index contributed by atoms with van der Waals surface area (Å²) in [7, 11) is 1.59. The number of hydrogen-bond donors (Lipinski definition) is 1. The molecule has 1 aromatic rings. The number of ether oxygens (including phenoxy) is 1. The molecule has 0 aliphatic heterocycles. The van der Waals surface area contributed by atoms with Crippen LogP contribution in [0.25, 0.3) is 5.57 Å². The van der Waals surface area contributed by atoms with Crippen LogP contribution in [-0.2, 0) is 11.2 Å². The van der Waals surface area contributed by atoms with E-state index in [1.54, 1.807) is 19.2 Å². The fourth-order valence-electron chi connectivity index (χ4n) is 2.43. The van der Waals surface area contributed by atoms with Crippen LogP contribution in [0, 0.1) is 17.2 Å². The minimum Gasteiger partial charge on any atom is -0.497 e. The Labute approximate surface area is 105 Å². The van der Waals surface area contributed by atoms with Gasteiger partial charge in [-0.2, -0.15) is 5.26 Å². The van der Waals surface area contributed by atoms with Gasteiger partial charge in [0.05, 0.1) is 7.11 Å². The lowest BCUT2D eigenvalue weighted by Gasteiger charge is -2.07. The normalized spacial score (nSPS) is 19.9. The van der Waals surface area contributed by atoms with Gasteiger partial charge in [0.1, 0.15) is 17.4 Å². The van der Waals surface area contributed by atoms with Crippen LogP contribution in [0.4, 0.5) is 0 Å². The molecule has 0 saturated heterocycles. The first kappa shape index (κ1) is 12.2. The molecule has 4 nitrogen and oxygen atoms in total. The van der Waals surface area contributed by atoms with Gasteiger partial charge in [0.15, 0.2) is 0 Å². The van der Waals surface area contributed by atoms with Gasteiger partial charge in [-0.3, -0.25) is 0 Å². The van der Waals surface area contributed by atoms with Crippen molar-refractivity contribution in [3.63, 3.8) is 0 Å². The number of nitrogens with zero attached hydrogens (tertiary/aromatic N) is 1. The monoisotopic (exact) mass is 243 g/mol. The van der Waals surface area contributed by atoms with Crippen molar-refractivity contribution in [2.75, 3.05) is 7.11 Å². The predicted molar refractivity (Wildman–Crippen MR) is 66.0 cm³/mol. The van der Waals surface area contributed by atoms with E-state index in [1.165, 1.54) is 0 Å². The summed E-state index contributed by atoms with van der Waals surface area (Å²) in [6.07, 6.45) is 0.736. The van der Waals surface area contributed by atoms with Crippen molar-refractivity contribution in [1.29, 1.82) is 5.26 Å². The molecule has 1 unspecified atom stereocenters. The molecule has 0 heterocycles. The van der Waals surface area contributed by atoms with E-state index < -0.39 is 5.97 Å². The second-order valence-corrected chi connectivity index (χ2v) is 4.33. The smallest absolute Gasteiger partial charge is 0.346 e. The number of hydrogen-bond acceptors (Lipinski definition) is 3. The molecular formula is C14H13NO3. The molecule has 92 valence electrons. The zero-order valence-electron chi connectivity index (χ0n) is 10.2. The van der Waals surface area contributed by atoms with Crippen molar-refractivity contribution < 1.29 is 14.6 Å². The highest BCUT2D eigenvalue weighted by Gasteiger charge is 2.29. The van der Waals surface area contributed by atoms with E-state index in [-0.39, 0.29) is 11.5 Å². The number of benzene rings is 1. The maximum atomic E-state index is 11.1. The average molecular weight is 243 g/mol. The van der Waals surface area contributed by atoms with E-state index in [2.05, 4.69) is 0 Å². The van der Waals surface area contributed by atoms with Crippen molar-refractivity contribution in [1.82, 2.24) is 0 Å². The molecule has 4 heteroatoms. The Balaban J connectivity index is 2.62. The lowest BCUT2D eigenvalue weighted by Crippen LogP contribution is -2.04. The molecule has 1 N–H and O–H groups in total. The maximum Gasteiger partial charge on any atom is 0.346 e. The van der Waals surface area contributed by atoms with Crippen molar-refractivity contribution in [2.24, 2.45) is 5.92 Å². The van der Waals surface area contributed by atoms with Gasteiger partial charge in [0.2, 0.25) is 0 Å². The number of methoxy groups -OCH3 is 1. The van der Waals surface area contributed by atoms with E-state index >= 15 is 0 Å². The molecule has 0 fully saturated rings. The summed E-state index contributed by atoms with van der Waals surface area (Å²) >= 11 is 0. The summed E-state index contributed by atoms with van der Waals surface area (Å²) in [4.78, 5) is 11.1. The Morgan fingerprint density at radius 2 is 2.28 bits per heavy atom. The lowest BCUT2D eigenvalue weighted by atomic mass is 9.96. The molecule has 1 atom stereocenters. The van der Waals surface area contributed by atoms with Gasteiger partial charge in [-0.25, -0.2) is 4.79 Å². The van der Waals surface area contributed by atoms with E-state index in [1.807, 2.05) is 19.1 Å². The van der Waals surface area contributed by atoms with Crippen molar-refractivity contribution in [2.45, 2.75) is 13.3 Å². The molecule has 0 aromatic heterocycles. The Morgan fingerprint density at radius 3 is 2.83 bits per heavy atom. The van der Waals surface area contributed by atoms with Crippen molar-refractivity contribution in [3.05, 3.63) is 34.9 Å². The van der Waals surface area contributed by atoms with Crippen LogP contribution >= 0.6 is 0 Å². The van der Waals surface area contributed by atoms with Crippen LogP contribution < -0.4 is 4.74 Å². The highest BCUT2D eigenvalue weighted by molar-refractivity contribution is 6.02. The van der Waals surface area contributed by atoms with E-state index in [0.717, 1.165) is 23.3 Å². The van der Waals surface area contributed by atoms with E-state index in [9.17, 15) is 4.79 Å². The Hall–Kier alpha value is -2.28. The zero-order chi connectivity index (χ0) is 13.3. The molecular weight excluding hydrogens is 230 g/mol. The quantitative estimate of drug-likeness (QED) is 0.638. The van der Waals surface area contributed by atoms with Gasteiger partial charge in [-0.15, -0.1) is 0 Å². The highest BCUT2D eigenvalue weighted by atomic mass is 16.5. The molecule has 1 aliphatic carbocycles. The van der Waals surface area contributed by atoms with E-state index in [4.69, 9.17) is 15.1 Å². The third-order valence-corrected chi connectivity index (χ3v) is 3.22. The van der Waals surface area contributed by atoms with Crippen LogP contribution in [0.3, 0.4) is 0 Å². The molecule has 0 amide bonds. The SMILES string of the molecule is COc1ccc2c(c1)CC(C)C2=C(C#N)C(=O)O. The molecule has 18 heavy (non-hydrogen) atoms. The van der Waals surface area contributed by atoms with Crippen LogP contribution in [0.1, 0.15) is 18.1 Å². The molecule has 0 saturated carbocycles. The molecule has 2 rings (SSSR count). The second kappa shape index (κ2) is 4.53. The summed E-state index contributed by atoms with van der Waals surface area (Å²) in [5, 5.41) is 18.1. The summed E-state index contributed by atoms with van der Waals surface area (Å²) in [6.45, 7) is 1.93. The van der Waals surface area contributed by atoms with Gasteiger partial charge < -0.3 is 9.84 Å². The minimum atomic E-state index is -1.16. The number of carboxylic acids is 1. The van der Waals surface area contributed by atoms with Gasteiger partial charge in [0, 0.05) is 0 Å². The van der Waals surface area contributed by atoms with Crippen LogP contribution in [0.5, 0.6) is 5.75 Å². The Bertz CT molecular complexity index is 581. The summed E-state index contributed by atoms with van der Waals surface area (Å²) in [6, 6.07) is 7.30. The van der Waals surface area contributed by atoms with Crippen LogP contribution in [-0.4, -0.2) is 18.2 Å². The number of carbonyl (C=O) groups is 1. The lowest BCUT2D eigenvalue weighted by molar-refractivity contribution is -0.132. The predicted octanol–water partition coefficient (Wildman–Crippen LogP) is 2.25. The average Bonchev–Trinajstić information content (AvgIpc) is 2.66. The number of nitriles is 1. The third kappa shape index (κ3) is 1.84. The zero-order valence-corrected chi connectivity index (χ0v) is 10.2.